The van der Waals surface area contributed by atoms with E-state index in [-0.39, 0.29) is 5.91 Å². The van der Waals surface area contributed by atoms with Crippen molar-refractivity contribution in [2.24, 2.45) is 5.92 Å². The van der Waals surface area contributed by atoms with Crippen molar-refractivity contribution in [1.29, 1.82) is 0 Å². The van der Waals surface area contributed by atoms with Crippen LogP contribution in [0, 0.1) is 5.92 Å². The fourth-order valence-electron chi connectivity index (χ4n) is 2.64. The van der Waals surface area contributed by atoms with Crippen LogP contribution in [-0.2, 0) is 4.79 Å². The summed E-state index contributed by atoms with van der Waals surface area (Å²) in [5, 5.41) is 2.91. The first-order valence-electron chi connectivity index (χ1n) is 6.90. The van der Waals surface area contributed by atoms with Crippen molar-refractivity contribution in [3.63, 3.8) is 0 Å². The SMILES string of the molecule is Nc1ccccc1NC(=O)CC1CCCCCC1. The van der Waals surface area contributed by atoms with Crippen LogP contribution in [0.15, 0.2) is 24.3 Å². The zero-order chi connectivity index (χ0) is 12.8. The number of nitrogens with two attached hydrogens (primary N) is 1. The normalized spacial score (nSPS) is 17.1. The molecule has 0 heterocycles. The predicted molar refractivity (Wildman–Crippen MR) is 75.3 cm³/mol. The van der Waals surface area contributed by atoms with E-state index < -0.39 is 0 Å². The van der Waals surface area contributed by atoms with Gasteiger partial charge in [0.25, 0.3) is 0 Å². The lowest BCUT2D eigenvalue weighted by Crippen LogP contribution is -2.17. The Balaban J connectivity index is 1.86. The minimum atomic E-state index is 0.0970. The van der Waals surface area contributed by atoms with Gasteiger partial charge in [-0.1, -0.05) is 37.8 Å². The highest BCUT2D eigenvalue weighted by Crippen LogP contribution is 2.26. The summed E-state index contributed by atoms with van der Waals surface area (Å²) in [7, 11) is 0. The molecule has 1 aromatic carbocycles. The lowest BCUT2D eigenvalue weighted by molar-refractivity contribution is -0.117. The van der Waals surface area contributed by atoms with Gasteiger partial charge in [-0.3, -0.25) is 4.79 Å². The zero-order valence-corrected chi connectivity index (χ0v) is 10.8. The van der Waals surface area contributed by atoms with Gasteiger partial charge in [-0.15, -0.1) is 0 Å². The molecule has 0 bridgehead atoms. The van der Waals surface area contributed by atoms with Crippen LogP contribution in [0.25, 0.3) is 0 Å². The van der Waals surface area contributed by atoms with Crippen LogP contribution in [0.2, 0.25) is 0 Å². The minimum absolute atomic E-state index is 0.0970. The number of carbonyl (C=O) groups excluding carboxylic acids is 1. The fraction of sp³-hybridized carbons (Fsp3) is 0.533. The van der Waals surface area contributed by atoms with Gasteiger partial charge >= 0.3 is 0 Å². The predicted octanol–water partition coefficient (Wildman–Crippen LogP) is 3.57. The Morgan fingerprint density at radius 2 is 1.83 bits per heavy atom. The molecule has 0 spiro atoms. The van der Waals surface area contributed by atoms with E-state index in [4.69, 9.17) is 5.73 Å². The number of hydrogen-bond acceptors (Lipinski definition) is 2. The lowest BCUT2D eigenvalue weighted by atomic mass is 9.96. The van der Waals surface area contributed by atoms with Gasteiger partial charge in [0.2, 0.25) is 5.91 Å². The van der Waals surface area contributed by atoms with Gasteiger partial charge in [-0.2, -0.15) is 0 Å². The molecule has 3 nitrogen and oxygen atoms in total. The van der Waals surface area contributed by atoms with Gasteiger partial charge in [0, 0.05) is 6.42 Å². The van der Waals surface area contributed by atoms with Gasteiger partial charge in [0.1, 0.15) is 0 Å². The molecule has 0 unspecified atom stereocenters. The van der Waals surface area contributed by atoms with E-state index in [1.807, 2.05) is 18.2 Å². The first kappa shape index (κ1) is 12.9. The molecule has 0 aromatic heterocycles. The minimum Gasteiger partial charge on any atom is -0.397 e. The molecule has 1 amide bonds. The highest BCUT2D eigenvalue weighted by Gasteiger charge is 2.16. The van der Waals surface area contributed by atoms with Gasteiger partial charge in [0.15, 0.2) is 0 Å². The molecule has 0 aliphatic heterocycles. The smallest absolute Gasteiger partial charge is 0.224 e. The van der Waals surface area contributed by atoms with E-state index >= 15 is 0 Å². The lowest BCUT2D eigenvalue weighted by Gasteiger charge is -2.14. The van der Waals surface area contributed by atoms with Crippen molar-refractivity contribution in [2.45, 2.75) is 44.9 Å². The second kappa shape index (κ2) is 6.43. The quantitative estimate of drug-likeness (QED) is 0.632. The number of hydrogen-bond donors (Lipinski definition) is 2. The van der Waals surface area contributed by atoms with Crippen LogP contribution in [-0.4, -0.2) is 5.91 Å². The molecule has 98 valence electrons. The Bertz CT molecular complexity index is 395. The Kier molecular flexibility index (Phi) is 4.62. The number of anilines is 2. The van der Waals surface area contributed by atoms with Crippen molar-refractivity contribution in [1.82, 2.24) is 0 Å². The third kappa shape index (κ3) is 3.76. The first-order valence-corrected chi connectivity index (χ1v) is 6.90. The monoisotopic (exact) mass is 246 g/mol. The van der Waals surface area contributed by atoms with E-state index in [0.29, 0.717) is 18.0 Å². The van der Waals surface area contributed by atoms with E-state index in [0.717, 1.165) is 5.69 Å². The maximum atomic E-state index is 12.0. The molecule has 2 rings (SSSR count). The van der Waals surface area contributed by atoms with E-state index in [1.54, 1.807) is 6.07 Å². The Morgan fingerprint density at radius 1 is 1.17 bits per heavy atom. The maximum Gasteiger partial charge on any atom is 0.224 e. The van der Waals surface area contributed by atoms with Crippen LogP contribution < -0.4 is 11.1 Å². The molecule has 18 heavy (non-hydrogen) atoms. The third-order valence-electron chi connectivity index (χ3n) is 3.68. The van der Waals surface area contributed by atoms with Crippen LogP contribution in [0.5, 0.6) is 0 Å². The maximum absolute atomic E-state index is 12.0. The van der Waals surface area contributed by atoms with Gasteiger partial charge in [-0.25, -0.2) is 0 Å². The molecule has 1 fully saturated rings. The number of rotatable bonds is 3. The highest BCUT2D eigenvalue weighted by atomic mass is 16.1. The van der Waals surface area contributed by atoms with Crippen LogP contribution >= 0.6 is 0 Å². The summed E-state index contributed by atoms with van der Waals surface area (Å²) in [6, 6.07) is 7.41. The van der Waals surface area contributed by atoms with E-state index in [9.17, 15) is 4.79 Å². The van der Waals surface area contributed by atoms with Crippen LogP contribution in [0.1, 0.15) is 44.9 Å². The van der Waals surface area contributed by atoms with Crippen molar-refractivity contribution < 1.29 is 4.79 Å². The zero-order valence-electron chi connectivity index (χ0n) is 10.8. The summed E-state index contributed by atoms with van der Waals surface area (Å²) in [4.78, 5) is 12.0. The molecule has 1 aliphatic carbocycles. The standard InChI is InChI=1S/C15H22N2O/c16-13-9-5-6-10-14(13)17-15(18)11-12-7-3-1-2-4-8-12/h5-6,9-10,12H,1-4,7-8,11,16H2,(H,17,18). The third-order valence-corrected chi connectivity index (χ3v) is 3.68. The summed E-state index contributed by atoms with van der Waals surface area (Å²) < 4.78 is 0. The average Bonchev–Trinajstić information content (AvgIpc) is 2.61. The molecule has 0 atom stereocenters. The van der Waals surface area contributed by atoms with Gasteiger partial charge in [-0.05, 0) is 30.9 Å². The van der Waals surface area contributed by atoms with Crippen LogP contribution in [0.4, 0.5) is 11.4 Å². The fourth-order valence-corrected chi connectivity index (χ4v) is 2.64. The van der Waals surface area contributed by atoms with Crippen molar-refractivity contribution >= 4 is 17.3 Å². The second-order valence-corrected chi connectivity index (χ2v) is 5.20. The summed E-state index contributed by atoms with van der Waals surface area (Å²) >= 11 is 0. The molecule has 0 radical (unpaired) electrons. The summed E-state index contributed by atoms with van der Waals surface area (Å²) in [6.45, 7) is 0. The number of carbonyl (C=O) groups is 1. The average molecular weight is 246 g/mol. The molecule has 1 aromatic rings. The molecular formula is C15H22N2O. The summed E-state index contributed by atoms with van der Waals surface area (Å²) in [6.07, 6.45) is 8.20. The van der Waals surface area contributed by atoms with E-state index in [1.165, 1.54) is 38.5 Å². The van der Waals surface area contributed by atoms with Crippen molar-refractivity contribution in [2.75, 3.05) is 11.1 Å². The molecule has 3 N–H and O–H groups in total. The number of nitrogens with one attached hydrogen (secondary N) is 1. The number of nitrogen functional groups attached to an aromatic ring is 1. The van der Waals surface area contributed by atoms with Crippen molar-refractivity contribution in [3.05, 3.63) is 24.3 Å². The summed E-state index contributed by atoms with van der Waals surface area (Å²) in [5.41, 5.74) is 7.18. The Morgan fingerprint density at radius 3 is 2.50 bits per heavy atom. The molecule has 1 saturated carbocycles. The molecule has 0 saturated heterocycles. The highest BCUT2D eigenvalue weighted by molar-refractivity contribution is 5.93. The largest absolute Gasteiger partial charge is 0.397 e. The second-order valence-electron chi connectivity index (χ2n) is 5.20. The van der Waals surface area contributed by atoms with Gasteiger partial charge < -0.3 is 11.1 Å². The Hall–Kier alpha value is -1.51. The van der Waals surface area contributed by atoms with Crippen LogP contribution in [0.3, 0.4) is 0 Å². The number of para-hydroxylation sites is 2. The first-order chi connectivity index (χ1) is 8.75. The number of amides is 1. The van der Waals surface area contributed by atoms with Gasteiger partial charge in [0.05, 0.1) is 11.4 Å². The molecule has 1 aliphatic rings. The Labute approximate surface area is 109 Å². The summed E-state index contributed by atoms with van der Waals surface area (Å²) in [5.74, 6) is 0.650. The molecule has 3 heteroatoms. The topological polar surface area (TPSA) is 55.1 Å². The number of benzene rings is 1. The van der Waals surface area contributed by atoms with E-state index in [2.05, 4.69) is 5.32 Å². The molecular weight excluding hydrogens is 224 g/mol. The van der Waals surface area contributed by atoms with Crippen molar-refractivity contribution in [3.8, 4) is 0 Å².